The lowest BCUT2D eigenvalue weighted by Crippen LogP contribution is -2.02. The van der Waals surface area contributed by atoms with Gasteiger partial charge in [-0.2, -0.15) is 5.26 Å². The number of carbonyl (C=O) groups excluding carboxylic acids is 1. The second-order valence-electron chi connectivity index (χ2n) is 2.79. The molecule has 0 bridgehead atoms. The van der Waals surface area contributed by atoms with Gasteiger partial charge in [0.15, 0.2) is 5.82 Å². The molecule has 0 radical (unpaired) electrons. The summed E-state index contributed by atoms with van der Waals surface area (Å²) in [5.74, 6) is -0.988. The molecule has 1 aromatic carbocycles. The van der Waals surface area contributed by atoms with Gasteiger partial charge in [-0.25, -0.2) is 4.39 Å². The molecule has 1 rings (SSSR count). The van der Waals surface area contributed by atoms with E-state index in [9.17, 15) is 9.18 Å². The van der Waals surface area contributed by atoms with Crippen LogP contribution in [0.2, 0.25) is 0 Å². The van der Waals surface area contributed by atoms with Crippen molar-refractivity contribution in [3.8, 4) is 6.07 Å². The van der Waals surface area contributed by atoms with Gasteiger partial charge in [0.2, 0.25) is 0 Å². The molecular weight excluding hydrogens is 312 g/mol. The second-order valence-corrected chi connectivity index (χ2v) is 3.87. The van der Waals surface area contributed by atoms with Crippen molar-refractivity contribution in [3.05, 3.63) is 32.6 Å². The summed E-state index contributed by atoms with van der Waals surface area (Å²) in [6.07, 6.45) is 0. The van der Waals surface area contributed by atoms with Crippen LogP contribution >= 0.6 is 22.6 Å². The summed E-state index contributed by atoms with van der Waals surface area (Å²) in [7, 11) is 0. The molecule has 0 spiro atoms. The molecule has 0 unspecified atom stereocenters. The van der Waals surface area contributed by atoms with Crippen molar-refractivity contribution in [2.75, 3.05) is 0 Å². The lowest BCUT2D eigenvalue weighted by molar-refractivity contribution is -0.142. The number of esters is 1. The Morgan fingerprint density at radius 1 is 1.67 bits per heavy atom. The number of hydrogen-bond acceptors (Lipinski definition) is 3. The van der Waals surface area contributed by atoms with Gasteiger partial charge < -0.3 is 4.74 Å². The molecule has 0 saturated heterocycles. The van der Waals surface area contributed by atoms with Gasteiger partial charge in [-0.3, -0.25) is 4.79 Å². The molecule has 0 heterocycles. The normalized spacial score (nSPS) is 9.47. The molecule has 0 aliphatic carbocycles. The van der Waals surface area contributed by atoms with Crippen LogP contribution in [0.3, 0.4) is 0 Å². The highest BCUT2D eigenvalue weighted by Crippen LogP contribution is 2.20. The molecule has 0 atom stereocenters. The van der Waals surface area contributed by atoms with E-state index < -0.39 is 11.8 Å². The maximum Gasteiger partial charge on any atom is 0.302 e. The van der Waals surface area contributed by atoms with Crippen LogP contribution in [0.1, 0.15) is 18.1 Å². The molecule has 0 aliphatic heterocycles. The Kier molecular flexibility index (Phi) is 4.03. The predicted octanol–water partition coefficient (Wildman–Crippen LogP) is 2.37. The minimum atomic E-state index is -0.567. The first-order valence-electron chi connectivity index (χ1n) is 4.06. The summed E-state index contributed by atoms with van der Waals surface area (Å²) < 4.78 is 18.5. The topological polar surface area (TPSA) is 50.1 Å². The zero-order valence-corrected chi connectivity index (χ0v) is 10.0. The summed E-state index contributed by atoms with van der Waals surface area (Å²) >= 11 is 1.78. The van der Waals surface area contributed by atoms with E-state index in [0.29, 0.717) is 9.13 Å². The van der Waals surface area contributed by atoms with Gasteiger partial charge in [0, 0.05) is 12.5 Å². The van der Waals surface area contributed by atoms with Crippen LogP contribution in [0.4, 0.5) is 4.39 Å². The summed E-state index contributed by atoms with van der Waals surface area (Å²) in [5.41, 5.74) is 0.549. The molecule has 0 aromatic heterocycles. The van der Waals surface area contributed by atoms with Gasteiger partial charge in [0.25, 0.3) is 0 Å². The molecular formula is C10H7FINO2. The van der Waals surface area contributed by atoms with Gasteiger partial charge in [0.05, 0.1) is 9.13 Å². The van der Waals surface area contributed by atoms with E-state index in [1.54, 1.807) is 34.7 Å². The first kappa shape index (κ1) is 11.9. The third-order valence-corrected chi connectivity index (χ3v) is 2.88. The molecule has 0 saturated carbocycles. The predicted molar refractivity (Wildman–Crippen MR) is 59.3 cm³/mol. The lowest BCUT2D eigenvalue weighted by Gasteiger charge is -2.06. The number of nitrogens with zero attached hydrogens (tertiary/aromatic N) is 1. The number of nitriles is 1. The average molecular weight is 319 g/mol. The largest absolute Gasteiger partial charge is 0.461 e. The van der Waals surface area contributed by atoms with Crippen LogP contribution in [0.5, 0.6) is 0 Å². The highest BCUT2D eigenvalue weighted by Gasteiger charge is 2.11. The SMILES string of the molecule is CC(=O)OCc1ccc(C#N)c(F)c1I. The van der Waals surface area contributed by atoms with Crippen molar-refractivity contribution in [1.29, 1.82) is 5.26 Å². The average Bonchev–Trinajstić information content (AvgIpc) is 2.20. The number of halogens is 2. The molecule has 0 amide bonds. The fraction of sp³-hybridized carbons (Fsp3) is 0.200. The van der Waals surface area contributed by atoms with Crippen molar-refractivity contribution < 1.29 is 13.9 Å². The summed E-state index contributed by atoms with van der Waals surface area (Å²) in [6, 6.07) is 4.69. The van der Waals surface area contributed by atoms with Crippen LogP contribution in [0.25, 0.3) is 0 Å². The van der Waals surface area contributed by atoms with E-state index in [2.05, 4.69) is 0 Å². The standard InChI is InChI=1S/C10H7FINO2/c1-6(14)15-5-8-3-2-7(4-13)9(11)10(8)12/h2-3H,5H2,1H3. The summed E-state index contributed by atoms with van der Waals surface area (Å²) in [6.45, 7) is 1.31. The lowest BCUT2D eigenvalue weighted by atomic mass is 10.1. The first-order valence-corrected chi connectivity index (χ1v) is 5.14. The molecule has 78 valence electrons. The molecule has 15 heavy (non-hydrogen) atoms. The Morgan fingerprint density at radius 2 is 2.33 bits per heavy atom. The van der Waals surface area contributed by atoms with Gasteiger partial charge in [0.1, 0.15) is 12.7 Å². The molecule has 5 heteroatoms. The third kappa shape index (κ3) is 2.89. The van der Waals surface area contributed by atoms with Crippen molar-refractivity contribution in [3.63, 3.8) is 0 Å². The van der Waals surface area contributed by atoms with Gasteiger partial charge in [-0.15, -0.1) is 0 Å². The first-order chi connectivity index (χ1) is 7.06. The minimum Gasteiger partial charge on any atom is -0.461 e. The number of ether oxygens (including phenoxy) is 1. The van der Waals surface area contributed by atoms with E-state index in [-0.39, 0.29) is 12.2 Å². The second kappa shape index (κ2) is 5.07. The fourth-order valence-electron chi connectivity index (χ4n) is 0.967. The zero-order chi connectivity index (χ0) is 11.4. The maximum absolute atomic E-state index is 13.4. The number of benzene rings is 1. The summed E-state index contributed by atoms with van der Waals surface area (Å²) in [5, 5.41) is 8.57. The number of carbonyl (C=O) groups is 1. The number of rotatable bonds is 2. The van der Waals surface area contributed by atoms with Crippen LogP contribution in [0, 0.1) is 20.7 Å². The van der Waals surface area contributed by atoms with Crippen molar-refractivity contribution >= 4 is 28.6 Å². The zero-order valence-electron chi connectivity index (χ0n) is 7.88. The van der Waals surface area contributed by atoms with Crippen LogP contribution in [0.15, 0.2) is 12.1 Å². The molecule has 0 N–H and O–H groups in total. The maximum atomic E-state index is 13.4. The van der Waals surface area contributed by atoms with Crippen LogP contribution in [-0.4, -0.2) is 5.97 Å². The fourth-order valence-corrected chi connectivity index (χ4v) is 1.59. The smallest absolute Gasteiger partial charge is 0.302 e. The van der Waals surface area contributed by atoms with E-state index in [0.717, 1.165) is 0 Å². The highest BCUT2D eigenvalue weighted by atomic mass is 127. The summed E-state index contributed by atoms with van der Waals surface area (Å²) in [4.78, 5) is 10.6. The van der Waals surface area contributed by atoms with Crippen LogP contribution < -0.4 is 0 Å². The third-order valence-electron chi connectivity index (χ3n) is 1.71. The Labute approximate surface area is 100.0 Å². The molecule has 0 fully saturated rings. The van der Waals surface area contributed by atoms with Crippen molar-refractivity contribution in [2.45, 2.75) is 13.5 Å². The van der Waals surface area contributed by atoms with Gasteiger partial charge >= 0.3 is 5.97 Å². The van der Waals surface area contributed by atoms with E-state index in [4.69, 9.17) is 10.00 Å². The Bertz CT molecular complexity index is 440. The Morgan fingerprint density at radius 3 is 2.87 bits per heavy atom. The quantitative estimate of drug-likeness (QED) is 0.621. The van der Waals surface area contributed by atoms with Crippen molar-refractivity contribution in [1.82, 2.24) is 0 Å². The Hall–Kier alpha value is -1.16. The number of hydrogen-bond donors (Lipinski definition) is 0. The van der Waals surface area contributed by atoms with E-state index in [1.807, 2.05) is 0 Å². The molecule has 0 aliphatic rings. The van der Waals surface area contributed by atoms with Gasteiger partial charge in [-0.1, -0.05) is 6.07 Å². The van der Waals surface area contributed by atoms with E-state index >= 15 is 0 Å². The van der Waals surface area contributed by atoms with Crippen LogP contribution in [-0.2, 0) is 16.1 Å². The monoisotopic (exact) mass is 319 g/mol. The highest BCUT2D eigenvalue weighted by molar-refractivity contribution is 14.1. The Balaban J connectivity index is 2.98. The molecule has 1 aromatic rings. The van der Waals surface area contributed by atoms with E-state index in [1.165, 1.54) is 13.0 Å². The van der Waals surface area contributed by atoms with Crippen molar-refractivity contribution in [2.24, 2.45) is 0 Å². The van der Waals surface area contributed by atoms with Gasteiger partial charge in [-0.05, 0) is 28.7 Å². The molecule has 3 nitrogen and oxygen atoms in total. The minimum absolute atomic E-state index is 0.00836.